The number of hydrogen-bond donors (Lipinski definition) is 1. The van der Waals surface area contributed by atoms with Crippen molar-refractivity contribution in [3.05, 3.63) is 35.6 Å². The van der Waals surface area contributed by atoms with Crippen molar-refractivity contribution in [2.24, 2.45) is 5.73 Å². The number of halogens is 3. The smallest absolute Gasteiger partial charge is 0.253 e. The second-order valence-corrected chi connectivity index (χ2v) is 4.68. The van der Waals surface area contributed by atoms with E-state index in [0.29, 0.717) is 12.8 Å². The summed E-state index contributed by atoms with van der Waals surface area (Å²) in [4.78, 5) is 0. The van der Waals surface area contributed by atoms with Crippen LogP contribution in [0, 0.1) is 5.82 Å². The molecule has 0 radical (unpaired) electrons. The fourth-order valence-electron chi connectivity index (χ4n) is 2.25. The van der Waals surface area contributed by atoms with Crippen molar-refractivity contribution >= 4 is 0 Å². The maximum Gasteiger partial charge on any atom is 0.253 e. The summed E-state index contributed by atoms with van der Waals surface area (Å²) in [6.45, 7) is 0.843. The van der Waals surface area contributed by atoms with Crippen LogP contribution in [-0.4, -0.2) is 11.5 Å². The third kappa shape index (κ3) is 2.07. The Hall–Kier alpha value is -1.03. The van der Waals surface area contributed by atoms with Gasteiger partial charge < -0.3 is 5.73 Å². The van der Waals surface area contributed by atoms with Crippen LogP contribution in [0.2, 0.25) is 0 Å². The van der Waals surface area contributed by atoms with Crippen molar-refractivity contribution in [1.82, 2.24) is 0 Å². The molecule has 0 bridgehead atoms. The Kier molecular flexibility index (Phi) is 2.49. The highest BCUT2D eigenvalue weighted by Crippen LogP contribution is 2.51. The molecule has 1 aliphatic rings. The van der Waals surface area contributed by atoms with E-state index in [1.54, 1.807) is 0 Å². The maximum absolute atomic E-state index is 13.5. The molecular formula is C12H14F3N. The summed E-state index contributed by atoms with van der Waals surface area (Å²) in [5, 5.41) is 0. The number of nitrogens with two attached hydrogens (primary N) is 1. The molecule has 4 heteroatoms. The van der Waals surface area contributed by atoms with Gasteiger partial charge in [-0.1, -0.05) is 12.1 Å². The van der Waals surface area contributed by atoms with Crippen molar-refractivity contribution < 1.29 is 13.2 Å². The van der Waals surface area contributed by atoms with Crippen molar-refractivity contribution in [3.63, 3.8) is 0 Å². The van der Waals surface area contributed by atoms with Crippen LogP contribution in [-0.2, 0) is 0 Å². The van der Waals surface area contributed by atoms with E-state index in [0.717, 1.165) is 13.0 Å². The summed E-state index contributed by atoms with van der Waals surface area (Å²) in [6, 6.07) is 5.34. The van der Waals surface area contributed by atoms with Gasteiger partial charge in [0.25, 0.3) is 5.92 Å². The number of rotatable bonds is 3. The van der Waals surface area contributed by atoms with E-state index in [2.05, 4.69) is 0 Å². The first-order valence-electron chi connectivity index (χ1n) is 5.25. The van der Waals surface area contributed by atoms with Crippen LogP contribution in [0.4, 0.5) is 13.2 Å². The van der Waals surface area contributed by atoms with E-state index in [1.165, 1.54) is 18.2 Å². The molecule has 1 nitrogen and oxygen atoms in total. The van der Waals surface area contributed by atoms with Crippen molar-refractivity contribution in [3.8, 4) is 0 Å². The predicted molar refractivity (Wildman–Crippen MR) is 55.9 cm³/mol. The minimum Gasteiger partial charge on any atom is -0.324 e. The average Bonchev–Trinajstić information content (AvgIpc) is 2.81. The Morgan fingerprint density at radius 3 is 2.44 bits per heavy atom. The molecular weight excluding hydrogens is 215 g/mol. The van der Waals surface area contributed by atoms with Crippen molar-refractivity contribution in [2.45, 2.75) is 37.1 Å². The Balaban J connectivity index is 2.40. The van der Waals surface area contributed by atoms with Crippen LogP contribution < -0.4 is 5.73 Å². The molecule has 2 N–H and O–H groups in total. The van der Waals surface area contributed by atoms with E-state index >= 15 is 0 Å². The molecule has 1 unspecified atom stereocenters. The molecule has 88 valence electrons. The third-order valence-corrected chi connectivity index (χ3v) is 3.09. The lowest BCUT2D eigenvalue weighted by molar-refractivity contribution is -0.0196. The molecule has 1 aliphatic carbocycles. The highest BCUT2D eigenvalue weighted by atomic mass is 19.3. The van der Waals surface area contributed by atoms with Crippen LogP contribution in [0.15, 0.2) is 24.3 Å². The van der Waals surface area contributed by atoms with Crippen LogP contribution in [0.3, 0.4) is 0 Å². The van der Waals surface area contributed by atoms with Gasteiger partial charge in [-0.25, -0.2) is 13.2 Å². The van der Waals surface area contributed by atoms with Gasteiger partial charge in [0.05, 0.1) is 5.92 Å². The molecule has 0 spiro atoms. The lowest BCUT2D eigenvalue weighted by Crippen LogP contribution is -2.40. The van der Waals surface area contributed by atoms with E-state index in [-0.39, 0.29) is 5.56 Å². The standard InChI is InChI=1S/C12H14F3N/c1-11(14,15)10(12(16)5-6-12)8-3-2-4-9(13)7-8/h2-4,7,10H,5-6,16H2,1H3. The Morgan fingerprint density at radius 2 is 2.00 bits per heavy atom. The van der Waals surface area contributed by atoms with E-state index in [9.17, 15) is 13.2 Å². The minimum absolute atomic E-state index is 0.285. The highest BCUT2D eigenvalue weighted by molar-refractivity contribution is 5.30. The zero-order valence-corrected chi connectivity index (χ0v) is 9.01. The second kappa shape index (κ2) is 3.48. The molecule has 16 heavy (non-hydrogen) atoms. The molecule has 1 saturated carbocycles. The lowest BCUT2D eigenvalue weighted by atomic mass is 9.85. The first kappa shape index (κ1) is 11.5. The van der Waals surface area contributed by atoms with Gasteiger partial charge in [0, 0.05) is 12.5 Å². The SMILES string of the molecule is CC(F)(F)C(c1cccc(F)c1)C1(N)CC1. The van der Waals surface area contributed by atoms with Gasteiger partial charge in [0.15, 0.2) is 0 Å². The maximum atomic E-state index is 13.5. The van der Waals surface area contributed by atoms with E-state index in [4.69, 9.17) is 5.73 Å². The summed E-state index contributed by atoms with van der Waals surface area (Å²) in [5.74, 6) is -4.54. The van der Waals surface area contributed by atoms with Crippen LogP contribution in [0.5, 0.6) is 0 Å². The van der Waals surface area contributed by atoms with Gasteiger partial charge >= 0.3 is 0 Å². The number of hydrogen-bond acceptors (Lipinski definition) is 1. The molecule has 0 saturated heterocycles. The first-order valence-corrected chi connectivity index (χ1v) is 5.25. The molecule has 0 heterocycles. The van der Waals surface area contributed by atoms with Gasteiger partial charge in [0.1, 0.15) is 5.82 Å². The second-order valence-electron chi connectivity index (χ2n) is 4.68. The van der Waals surface area contributed by atoms with Crippen molar-refractivity contribution in [2.75, 3.05) is 0 Å². The van der Waals surface area contributed by atoms with Gasteiger partial charge in [-0.3, -0.25) is 0 Å². The Labute approximate surface area is 92.5 Å². The average molecular weight is 229 g/mol. The molecule has 0 amide bonds. The molecule has 1 aromatic rings. The summed E-state index contributed by atoms with van der Waals surface area (Å²) in [5.41, 5.74) is 5.27. The van der Waals surface area contributed by atoms with Gasteiger partial charge in [0.2, 0.25) is 0 Å². The Bertz CT molecular complexity index is 388. The predicted octanol–water partition coefficient (Wildman–Crippen LogP) is 3.06. The topological polar surface area (TPSA) is 26.0 Å². The molecule has 1 aromatic carbocycles. The molecule has 1 atom stereocenters. The molecule has 1 fully saturated rings. The normalized spacial score (nSPS) is 20.6. The third-order valence-electron chi connectivity index (χ3n) is 3.09. The minimum atomic E-state index is -2.93. The summed E-state index contributed by atoms with van der Waals surface area (Å²) in [7, 11) is 0. The summed E-state index contributed by atoms with van der Waals surface area (Å²) >= 11 is 0. The van der Waals surface area contributed by atoms with Crippen LogP contribution >= 0.6 is 0 Å². The largest absolute Gasteiger partial charge is 0.324 e. The van der Waals surface area contributed by atoms with Crippen molar-refractivity contribution in [1.29, 1.82) is 0 Å². The highest BCUT2D eigenvalue weighted by Gasteiger charge is 2.55. The van der Waals surface area contributed by atoms with Crippen LogP contribution in [0.1, 0.15) is 31.2 Å². The Morgan fingerprint density at radius 1 is 1.38 bits per heavy atom. The monoisotopic (exact) mass is 229 g/mol. The van der Waals surface area contributed by atoms with Gasteiger partial charge in [-0.15, -0.1) is 0 Å². The molecule has 2 rings (SSSR count). The quantitative estimate of drug-likeness (QED) is 0.847. The van der Waals surface area contributed by atoms with Gasteiger partial charge in [-0.05, 0) is 30.5 Å². The summed E-state index contributed by atoms with van der Waals surface area (Å²) in [6.07, 6.45) is 1.13. The summed E-state index contributed by atoms with van der Waals surface area (Å²) < 4.78 is 40.1. The fourth-order valence-corrected chi connectivity index (χ4v) is 2.25. The number of benzene rings is 1. The van der Waals surface area contributed by atoms with Gasteiger partial charge in [-0.2, -0.15) is 0 Å². The van der Waals surface area contributed by atoms with Crippen LogP contribution in [0.25, 0.3) is 0 Å². The zero-order valence-electron chi connectivity index (χ0n) is 9.01. The first-order chi connectivity index (χ1) is 7.33. The van der Waals surface area contributed by atoms with E-state index in [1.807, 2.05) is 0 Å². The number of alkyl halides is 2. The molecule has 0 aliphatic heterocycles. The molecule has 0 aromatic heterocycles. The zero-order chi connectivity index (χ0) is 12.0. The lowest BCUT2D eigenvalue weighted by Gasteiger charge is -2.29. The fraction of sp³-hybridized carbons (Fsp3) is 0.500. The van der Waals surface area contributed by atoms with E-state index < -0.39 is 23.2 Å².